The second-order valence-electron chi connectivity index (χ2n) is 5.11. The summed E-state index contributed by atoms with van der Waals surface area (Å²) in [5.41, 5.74) is 6.43. The van der Waals surface area contributed by atoms with Crippen molar-refractivity contribution >= 4 is 17.2 Å². The minimum absolute atomic E-state index is 0.163. The monoisotopic (exact) mass is 254 g/mol. The van der Waals surface area contributed by atoms with E-state index in [0.29, 0.717) is 13.1 Å². The number of carbonyl (C=O) groups excluding carboxylic acids is 1. The van der Waals surface area contributed by atoms with Crippen LogP contribution in [0.5, 0.6) is 0 Å². The Morgan fingerprint density at radius 2 is 2.18 bits per heavy atom. The predicted molar refractivity (Wildman–Crippen MR) is 73.0 cm³/mol. The average Bonchev–Trinajstić information content (AvgIpc) is 2.63. The molecule has 1 rings (SSSR count). The van der Waals surface area contributed by atoms with Crippen LogP contribution in [0, 0.1) is 12.3 Å². The standard InChI is InChI=1S/C13H22N2OS/c1-10-5-8-17-11(10)9-15(4)12(16)13(2,3)6-7-14/h5,8H,6-7,9,14H2,1-4H3. The molecule has 0 aromatic carbocycles. The smallest absolute Gasteiger partial charge is 0.228 e. The first kappa shape index (κ1) is 14.2. The van der Waals surface area contributed by atoms with Gasteiger partial charge in [-0.15, -0.1) is 11.3 Å². The van der Waals surface area contributed by atoms with Crippen molar-refractivity contribution in [2.75, 3.05) is 13.6 Å². The van der Waals surface area contributed by atoms with Gasteiger partial charge in [0.15, 0.2) is 0 Å². The molecule has 1 aromatic rings. The molecule has 0 saturated carbocycles. The van der Waals surface area contributed by atoms with Gasteiger partial charge in [0.1, 0.15) is 0 Å². The van der Waals surface area contributed by atoms with Crippen molar-refractivity contribution in [2.24, 2.45) is 11.1 Å². The molecule has 0 aliphatic rings. The van der Waals surface area contributed by atoms with E-state index in [1.165, 1.54) is 10.4 Å². The Morgan fingerprint density at radius 3 is 2.65 bits per heavy atom. The average molecular weight is 254 g/mol. The molecule has 1 heterocycles. The van der Waals surface area contributed by atoms with E-state index in [4.69, 9.17) is 5.73 Å². The van der Waals surface area contributed by atoms with Crippen LogP contribution < -0.4 is 5.73 Å². The van der Waals surface area contributed by atoms with E-state index in [1.54, 1.807) is 16.2 Å². The molecule has 17 heavy (non-hydrogen) atoms. The van der Waals surface area contributed by atoms with E-state index < -0.39 is 0 Å². The van der Waals surface area contributed by atoms with Crippen molar-refractivity contribution in [3.05, 3.63) is 21.9 Å². The Balaban J connectivity index is 2.68. The molecule has 0 bridgehead atoms. The zero-order valence-corrected chi connectivity index (χ0v) is 11.9. The molecule has 0 radical (unpaired) electrons. The first-order chi connectivity index (χ1) is 7.88. The highest BCUT2D eigenvalue weighted by Gasteiger charge is 2.29. The maximum Gasteiger partial charge on any atom is 0.228 e. The molecule has 0 atom stereocenters. The Morgan fingerprint density at radius 1 is 1.53 bits per heavy atom. The number of aryl methyl sites for hydroxylation is 1. The van der Waals surface area contributed by atoms with Crippen molar-refractivity contribution in [3.63, 3.8) is 0 Å². The SMILES string of the molecule is Cc1ccsc1CN(C)C(=O)C(C)(C)CCN. The van der Waals surface area contributed by atoms with Crippen LogP contribution in [0.3, 0.4) is 0 Å². The summed E-state index contributed by atoms with van der Waals surface area (Å²) in [5, 5.41) is 2.06. The summed E-state index contributed by atoms with van der Waals surface area (Å²) >= 11 is 1.70. The first-order valence-electron chi connectivity index (χ1n) is 5.87. The fourth-order valence-electron chi connectivity index (χ4n) is 1.84. The van der Waals surface area contributed by atoms with Crippen molar-refractivity contribution < 1.29 is 4.79 Å². The Kier molecular flexibility index (Phi) is 4.71. The van der Waals surface area contributed by atoms with Gasteiger partial charge in [-0.25, -0.2) is 0 Å². The van der Waals surface area contributed by atoms with E-state index >= 15 is 0 Å². The molecular formula is C13H22N2OS. The molecule has 1 amide bonds. The fourth-order valence-corrected chi connectivity index (χ4v) is 2.80. The maximum absolute atomic E-state index is 12.3. The molecule has 0 saturated heterocycles. The Hall–Kier alpha value is -0.870. The van der Waals surface area contributed by atoms with Crippen molar-refractivity contribution in [3.8, 4) is 0 Å². The van der Waals surface area contributed by atoms with E-state index in [9.17, 15) is 4.79 Å². The normalized spacial score (nSPS) is 11.6. The summed E-state index contributed by atoms with van der Waals surface area (Å²) in [5.74, 6) is 0.163. The van der Waals surface area contributed by atoms with Crippen LogP contribution in [0.4, 0.5) is 0 Å². The number of nitrogens with zero attached hydrogens (tertiary/aromatic N) is 1. The summed E-state index contributed by atoms with van der Waals surface area (Å²) in [7, 11) is 1.86. The van der Waals surface area contributed by atoms with E-state index in [-0.39, 0.29) is 11.3 Å². The third-order valence-electron chi connectivity index (χ3n) is 3.04. The molecule has 0 aliphatic heterocycles. The van der Waals surface area contributed by atoms with Gasteiger partial charge in [0.25, 0.3) is 0 Å². The molecule has 0 spiro atoms. The molecule has 2 N–H and O–H groups in total. The topological polar surface area (TPSA) is 46.3 Å². The minimum atomic E-state index is -0.366. The van der Waals surface area contributed by atoms with Gasteiger partial charge in [-0.2, -0.15) is 0 Å². The number of carbonyl (C=O) groups is 1. The van der Waals surface area contributed by atoms with Crippen molar-refractivity contribution in [1.29, 1.82) is 0 Å². The van der Waals surface area contributed by atoms with Crippen LogP contribution in [0.1, 0.15) is 30.7 Å². The van der Waals surface area contributed by atoms with Gasteiger partial charge in [-0.3, -0.25) is 4.79 Å². The summed E-state index contributed by atoms with van der Waals surface area (Å²) in [6.07, 6.45) is 0.722. The zero-order valence-electron chi connectivity index (χ0n) is 11.1. The second kappa shape index (κ2) is 5.65. The highest BCUT2D eigenvalue weighted by atomic mass is 32.1. The molecule has 0 fully saturated rings. The largest absolute Gasteiger partial charge is 0.340 e. The number of hydrogen-bond donors (Lipinski definition) is 1. The zero-order chi connectivity index (χ0) is 13.1. The minimum Gasteiger partial charge on any atom is -0.340 e. The van der Waals surface area contributed by atoms with Gasteiger partial charge in [-0.05, 0) is 36.9 Å². The van der Waals surface area contributed by atoms with Crippen LogP contribution in [-0.4, -0.2) is 24.4 Å². The van der Waals surface area contributed by atoms with E-state index in [0.717, 1.165) is 6.42 Å². The van der Waals surface area contributed by atoms with Gasteiger partial charge in [0, 0.05) is 17.3 Å². The molecule has 0 unspecified atom stereocenters. The predicted octanol–water partition coefficient (Wildman–Crippen LogP) is 2.39. The quantitative estimate of drug-likeness (QED) is 0.877. The second-order valence-corrected chi connectivity index (χ2v) is 6.11. The van der Waals surface area contributed by atoms with Gasteiger partial charge in [0.05, 0.1) is 6.54 Å². The van der Waals surface area contributed by atoms with Gasteiger partial charge in [-0.1, -0.05) is 13.8 Å². The Bertz CT molecular complexity index is 385. The van der Waals surface area contributed by atoms with E-state index in [2.05, 4.69) is 18.4 Å². The highest BCUT2D eigenvalue weighted by Crippen LogP contribution is 2.24. The van der Waals surface area contributed by atoms with Gasteiger partial charge < -0.3 is 10.6 Å². The third kappa shape index (κ3) is 3.54. The number of hydrogen-bond acceptors (Lipinski definition) is 3. The van der Waals surface area contributed by atoms with Gasteiger partial charge in [0.2, 0.25) is 5.91 Å². The van der Waals surface area contributed by atoms with Crippen LogP contribution in [-0.2, 0) is 11.3 Å². The molecular weight excluding hydrogens is 232 g/mol. The van der Waals surface area contributed by atoms with Crippen molar-refractivity contribution in [2.45, 2.75) is 33.7 Å². The number of nitrogens with two attached hydrogens (primary N) is 1. The first-order valence-corrected chi connectivity index (χ1v) is 6.75. The molecule has 0 aliphatic carbocycles. The molecule has 1 aromatic heterocycles. The van der Waals surface area contributed by atoms with E-state index in [1.807, 2.05) is 20.9 Å². The van der Waals surface area contributed by atoms with Crippen LogP contribution >= 0.6 is 11.3 Å². The van der Waals surface area contributed by atoms with Gasteiger partial charge >= 0.3 is 0 Å². The number of rotatable bonds is 5. The summed E-state index contributed by atoms with van der Waals surface area (Å²) < 4.78 is 0. The van der Waals surface area contributed by atoms with Crippen LogP contribution in [0.25, 0.3) is 0 Å². The lowest BCUT2D eigenvalue weighted by molar-refractivity contribution is -0.139. The lowest BCUT2D eigenvalue weighted by Crippen LogP contribution is -2.39. The number of thiophene rings is 1. The summed E-state index contributed by atoms with van der Waals surface area (Å²) in [6.45, 7) is 7.23. The molecule has 96 valence electrons. The van der Waals surface area contributed by atoms with Crippen molar-refractivity contribution in [1.82, 2.24) is 4.90 Å². The fraction of sp³-hybridized carbons (Fsp3) is 0.615. The lowest BCUT2D eigenvalue weighted by Gasteiger charge is -2.29. The lowest BCUT2D eigenvalue weighted by atomic mass is 9.88. The summed E-state index contributed by atoms with van der Waals surface area (Å²) in [4.78, 5) is 15.3. The third-order valence-corrected chi connectivity index (χ3v) is 4.05. The van der Waals surface area contributed by atoms with Crippen LogP contribution in [0.15, 0.2) is 11.4 Å². The Labute approximate surface area is 108 Å². The molecule has 4 heteroatoms. The summed E-state index contributed by atoms with van der Waals surface area (Å²) in [6, 6.07) is 2.09. The van der Waals surface area contributed by atoms with Crippen LogP contribution in [0.2, 0.25) is 0 Å². The number of amides is 1. The molecule has 3 nitrogen and oxygen atoms in total. The maximum atomic E-state index is 12.3. The highest BCUT2D eigenvalue weighted by molar-refractivity contribution is 7.10.